The largest absolute Gasteiger partial charge is 0.489 e. The second-order valence-electron chi connectivity index (χ2n) is 3.98. The van der Waals surface area contributed by atoms with Gasteiger partial charge in [-0.15, -0.1) is 11.3 Å². The average Bonchev–Trinajstić information content (AvgIpc) is 2.67. The lowest BCUT2D eigenvalue weighted by molar-refractivity contribution is 0.427. The molecule has 1 aliphatic carbocycles. The third kappa shape index (κ3) is 1.42. The zero-order valence-corrected chi connectivity index (χ0v) is 9.50. The maximum Gasteiger partial charge on any atom is 0.489 e. The molecule has 0 amide bonds. The van der Waals surface area contributed by atoms with Gasteiger partial charge in [-0.05, 0) is 35.3 Å². The molecule has 0 spiro atoms. The predicted octanol–water partition coefficient (Wildman–Crippen LogP) is 2.24. The maximum atomic E-state index is 9.34. The van der Waals surface area contributed by atoms with Crippen LogP contribution in [0.3, 0.4) is 0 Å². The van der Waals surface area contributed by atoms with Gasteiger partial charge in [-0.2, -0.15) is 0 Å². The van der Waals surface area contributed by atoms with E-state index in [0.717, 1.165) is 17.7 Å². The van der Waals surface area contributed by atoms with E-state index in [-0.39, 0.29) is 0 Å². The Morgan fingerprint density at radius 3 is 2.81 bits per heavy atom. The predicted molar refractivity (Wildman–Crippen MR) is 68.3 cm³/mol. The molecule has 4 heteroatoms. The summed E-state index contributed by atoms with van der Waals surface area (Å²) in [5.74, 6) is 0. The highest BCUT2D eigenvalue weighted by atomic mass is 32.1. The van der Waals surface area contributed by atoms with Gasteiger partial charge < -0.3 is 10.0 Å². The first-order valence-corrected chi connectivity index (χ1v) is 6.16. The van der Waals surface area contributed by atoms with Crippen molar-refractivity contribution in [3.8, 4) is 0 Å². The van der Waals surface area contributed by atoms with E-state index in [1.54, 1.807) is 11.3 Å². The summed E-state index contributed by atoms with van der Waals surface area (Å²) in [6.45, 7) is 0. The Morgan fingerprint density at radius 1 is 1.19 bits per heavy atom. The number of hydrogen-bond donors (Lipinski definition) is 2. The third-order valence-electron chi connectivity index (χ3n) is 3.00. The fraction of sp³-hybridized carbons (Fsp3) is 0.167. The Bertz CT molecular complexity index is 571. The summed E-state index contributed by atoms with van der Waals surface area (Å²) < 4.78 is 1.22. The fourth-order valence-corrected chi connectivity index (χ4v) is 3.58. The van der Waals surface area contributed by atoms with Crippen LogP contribution in [0.25, 0.3) is 15.6 Å². The van der Waals surface area contributed by atoms with E-state index >= 15 is 0 Å². The molecule has 0 bridgehead atoms. The molecular weight excluding hydrogens is 219 g/mol. The summed E-state index contributed by atoms with van der Waals surface area (Å²) in [7, 11) is -1.35. The van der Waals surface area contributed by atoms with Crippen LogP contribution in [-0.4, -0.2) is 17.2 Å². The van der Waals surface area contributed by atoms with Crippen molar-refractivity contribution in [2.45, 2.75) is 12.8 Å². The van der Waals surface area contributed by atoms with Crippen molar-refractivity contribution in [2.75, 3.05) is 0 Å². The highest BCUT2D eigenvalue weighted by Crippen LogP contribution is 2.39. The van der Waals surface area contributed by atoms with Gasteiger partial charge in [0.25, 0.3) is 0 Å². The second kappa shape index (κ2) is 3.73. The van der Waals surface area contributed by atoms with Gasteiger partial charge in [0.2, 0.25) is 0 Å². The molecule has 1 aliphatic rings. The summed E-state index contributed by atoms with van der Waals surface area (Å²) in [5.41, 5.74) is 1.94. The second-order valence-corrected chi connectivity index (χ2v) is 5.03. The Balaban J connectivity index is 2.27. The van der Waals surface area contributed by atoms with Crippen molar-refractivity contribution in [1.29, 1.82) is 0 Å². The van der Waals surface area contributed by atoms with Gasteiger partial charge >= 0.3 is 7.12 Å². The molecule has 0 unspecified atom stereocenters. The summed E-state index contributed by atoms with van der Waals surface area (Å²) in [6, 6.07) is 8.24. The van der Waals surface area contributed by atoms with Gasteiger partial charge in [0.15, 0.2) is 0 Å². The molecule has 1 aromatic heterocycles. The first-order valence-electron chi connectivity index (χ1n) is 5.34. The number of hydrogen-bond acceptors (Lipinski definition) is 3. The number of rotatable bonds is 1. The van der Waals surface area contributed by atoms with Crippen molar-refractivity contribution in [3.05, 3.63) is 40.8 Å². The number of thiophene rings is 1. The lowest BCUT2D eigenvalue weighted by Gasteiger charge is -2.12. The normalized spacial score (nSPS) is 14.8. The van der Waals surface area contributed by atoms with Crippen molar-refractivity contribution < 1.29 is 10.0 Å². The monoisotopic (exact) mass is 230 g/mol. The van der Waals surface area contributed by atoms with E-state index in [4.69, 9.17) is 0 Å². The number of fused-ring (bicyclic) bond motifs is 3. The number of allylic oxidation sites excluding steroid dienone is 1. The number of benzene rings is 1. The smallest absolute Gasteiger partial charge is 0.423 e. The molecule has 1 heterocycles. The van der Waals surface area contributed by atoms with E-state index in [0.29, 0.717) is 5.47 Å². The van der Waals surface area contributed by atoms with Crippen LogP contribution in [0.1, 0.15) is 16.9 Å². The molecule has 0 fully saturated rings. The molecule has 0 saturated heterocycles. The van der Waals surface area contributed by atoms with Gasteiger partial charge in [0.05, 0.1) is 0 Å². The van der Waals surface area contributed by atoms with Gasteiger partial charge in [0, 0.05) is 9.58 Å². The zero-order valence-electron chi connectivity index (χ0n) is 8.68. The van der Waals surface area contributed by atoms with Crippen molar-refractivity contribution in [3.63, 3.8) is 0 Å². The molecule has 0 saturated carbocycles. The fourth-order valence-electron chi connectivity index (χ4n) is 2.27. The lowest BCUT2D eigenvalue weighted by atomic mass is 9.74. The third-order valence-corrected chi connectivity index (χ3v) is 4.26. The van der Waals surface area contributed by atoms with Crippen LogP contribution in [0.4, 0.5) is 0 Å². The summed E-state index contributed by atoms with van der Waals surface area (Å²) >= 11 is 1.65. The van der Waals surface area contributed by atoms with Gasteiger partial charge in [-0.1, -0.05) is 24.3 Å². The zero-order chi connectivity index (χ0) is 11.1. The van der Waals surface area contributed by atoms with Gasteiger partial charge in [-0.3, -0.25) is 0 Å². The van der Waals surface area contributed by atoms with Gasteiger partial charge in [0.1, 0.15) is 0 Å². The van der Waals surface area contributed by atoms with Crippen LogP contribution in [0, 0.1) is 0 Å². The van der Waals surface area contributed by atoms with Crippen LogP contribution in [-0.2, 0) is 6.42 Å². The minimum atomic E-state index is -1.35. The Labute approximate surface area is 98.0 Å². The van der Waals surface area contributed by atoms with E-state index in [1.165, 1.54) is 15.6 Å². The average molecular weight is 230 g/mol. The molecule has 2 nitrogen and oxygen atoms in total. The minimum Gasteiger partial charge on any atom is -0.423 e. The molecule has 2 N–H and O–H groups in total. The Hall–Kier alpha value is -1.10. The van der Waals surface area contributed by atoms with E-state index in [2.05, 4.69) is 12.1 Å². The maximum absolute atomic E-state index is 9.34. The van der Waals surface area contributed by atoms with Crippen LogP contribution in [0.5, 0.6) is 0 Å². The Kier molecular flexibility index (Phi) is 2.35. The summed E-state index contributed by atoms with van der Waals surface area (Å²) in [4.78, 5) is 1.04. The van der Waals surface area contributed by atoms with E-state index in [1.807, 2.05) is 18.2 Å². The first-order chi connectivity index (χ1) is 7.77. The molecule has 3 rings (SSSR count). The summed E-state index contributed by atoms with van der Waals surface area (Å²) in [6.07, 6.45) is 3.82. The minimum absolute atomic E-state index is 0.669. The quantitative estimate of drug-likeness (QED) is 0.737. The lowest BCUT2D eigenvalue weighted by Crippen LogP contribution is -2.16. The molecule has 0 aliphatic heterocycles. The molecule has 80 valence electrons. The molecule has 1 aromatic carbocycles. The van der Waals surface area contributed by atoms with Crippen LogP contribution < -0.4 is 0 Å². The van der Waals surface area contributed by atoms with Crippen molar-refractivity contribution in [1.82, 2.24) is 0 Å². The number of aryl methyl sites for hydroxylation is 1. The van der Waals surface area contributed by atoms with Crippen LogP contribution in [0.2, 0.25) is 0 Å². The van der Waals surface area contributed by atoms with Crippen molar-refractivity contribution >= 4 is 34.0 Å². The standard InChI is InChI=1S/C12H11BO2S/c14-13(15)10-6-3-5-9-8-4-1-2-7-11(8)16-12(9)10/h1-2,4,6-7,14-15H,3,5H2. The first kappa shape index (κ1) is 10.1. The van der Waals surface area contributed by atoms with Crippen molar-refractivity contribution in [2.24, 2.45) is 0 Å². The molecule has 2 aromatic rings. The van der Waals surface area contributed by atoms with E-state index in [9.17, 15) is 10.0 Å². The van der Waals surface area contributed by atoms with E-state index < -0.39 is 7.12 Å². The molecule has 0 atom stereocenters. The SMILES string of the molecule is OB(O)C1=CCCc2c1sc1ccccc21. The van der Waals surface area contributed by atoms with Gasteiger partial charge in [-0.25, -0.2) is 0 Å². The summed E-state index contributed by atoms with van der Waals surface area (Å²) in [5, 5.41) is 19.9. The Morgan fingerprint density at radius 2 is 2.00 bits per heavy atom. The van der Waals surface area contributed by atoms with Crippen LogP contribution in [0.15, 0.2) is 30.3 Å². The highest BCUT2D eigenvalue weighted by molar-refractivity contribution is 7.21. The molecule has 0 radical (unpaired) electrons. The van der Waals surface area contributed by atoms with Crippen LogP contribution >= 0.6 is 11.3 Å². The highest BCUT2D eigenvalue weighted by Gasteiger charge is 2.25. The molecule has 16 heavy (non-hydrogen) atoms. The topological polar surface area (TPSA) is 40.5 Å². The molecular formula is C12H11BO2S.